The van der Waals surface area contributed by atoms with Gasteiger partial charge in [0, 0.05) is 0 Å². The predicted octanol–water partition coefficient (Wildman–Crippen LogP) is 1.35. The van der Waals surface area contributed by atoms with E-state index in [0.717, 1.165) is 0 Å². The summed E-state index contributed by atoms with van der Waals surface area (Å²) >= 11 is 0. The van der Waals surface area contributed by atoms with Crippen LogP contribution in [0.3, 0.4) is 0 Å². The summed E-state index contributed by atoms with van der Waals surface area (Å²) in [6, 6.07) is 3.27. The lowest BCUT2D eigenvalue weighted by atomic mass is 10.3. The summed E-state index contributed by atoms with van der Waals surface area (Å²) < 4.78 is 10.0. The first kappa shape index (κ1) is 8.00. The molecule has 0 radical (unpaired) electrons. The molecule has 0 spiro atoms. The molecule has 68 valence electrons. The second-order valence-corrected chi connectivity index (χ2v) is 2.72. The highest BCUT2D eigenvalue weighted by atomic mass is 16.5. The third kappa shape index (κ3) is 1.46. The van der Waals surface area contributed by atoms with Crippen LogP contribution in [0.15, 0.2) is 27.3 Å². The highest BCUT2D eigenvalue weighted by Gasteiger charge is 2.12. The minimum Gasteiger partial charge on any atom is -0.459 e. The number of furan rings is 1. The van der Waals surface area contributed by atoms with Crippen LogP contribution in [0, 0.1) is 0 Å². The van der Waals surface area contributed by atoms with Gasteiger partial charge in [0.2, 0.25) is 0 Å². The summed E-state index contributed by atoms with van der Waals surface area (Å²) in [5, 5.41) is 3.70. The van der Waals surface area contributed by atoms with Crippen molar-refractivity contribution in [3.63, 3.8) is 0 Å². The van der Waals surface area contributed by atoms with Crippen LogP contribution in [-0.4, -0.2) is 10.1 Å². The number of aromatic nitrogens is 2. The molecule has 2 heterocycles. The van der Waals surface area contributed by atoms with Gasteiger partial charge < -0.3 is 14.7 Å². The summed E-state index contributed by atoms with van der Waals surface area (Å²) in [5.74, 6) is 1.39. The highest BCUT2D eigenvalue weighted by molar-refractivity contribution is 5.42. The first-order valence-corrected chi connectivity index (χ1v) is 3.90. The average Bonchev–Trinajstić information content (AvgIpc) is 2.75. The van der Waals surface area contributed by atoms with E-state index in [4.69, 9.17) is 14.7 Å². The molecule has 0 saturated heterocycles. The smallest absolute Gasteiger partial charge is 0.293 e. The molecule has 0 aromatic carbocycles. The molecule has 1 atom stereocenters. The van der Waals surface area contributed by atoms with Gasteiger partial charge in [-0.2, -0.15) is 4.98 Å². The molecule has 0 fully saturated rings. The molecule has 0 amide bonds. The zero-order valence-electron chi connectivity index (χ0n) is 7.10. The largest absolute Gasteiger partial charge is 0.459 e. The Morgan fingerprint density at radius 2 is 2.38 bits per heavy atom. The van der Waals surface area contributed by atoms with Crippen molar-refractivity contribution in [2.45, 2.75) is 13.0 Å². The summed E-state index contributed by atoms with van der Waals surface area (Å²) in [5.41, 5.74) is 5.56. The molecule has 5 heteroatoms. The quantitative estimate of drug-likeness (QED) is 0.752. The molecule has 0 saturated carbocycles. The van der Waals surface area contributed by atoms with E-state index >= 15 is 0 Å². The molecule has 13 heavy (non-hydrogen) atoms. The van der Waals surface area contributed by atoms with Gasteiger partial charge in [0.1, 0.15) is 0 Å². The number of nitrogens with zero attached hydrogens (tertiary/aromatic N) is 2. The van der Waals surface area contributed by atoms with E-state index in [1.54, 1.807) is 25.3 Å². The molecular formula is C8H9N3O2. The van der Waals surface area contributed by atoms with Crippen molar-refractivity contribution in [3.05, 3.63) is 24.2 Å². The Hall–Kier alpha value is -1.62. The first-order valence-electron chi connectivity index (χ1n) is 3.90. The van der Waals surface area contributed by atoms with Gasteiger partial charge in [0.15, 0.2) is 11.6 Å². The van der Waals surface area contributed by atoms with E-state index in [9.17, 15) is 0 Å². The predicted molar refractivity (Wildman–Crippen MR) is 44.6 cm³/mol. The molecule has 2 aromatic heterocycles. The standard InChI is InChI=1S/C8H9N3O2/c1-5(9)7-10-8(13-11-7)6-3-2-4-12-6/h2-5H,9H2,1H3. The number of nitrogens with two attached hydrogens (primary N) is 1. The molecule has 0 bridgehead atoms. The van der Waals surface area contributed by atoms with E-state index < -0.39 is 0 Å². The Labute approximate surface area is 74.5 Å². The zero-order chi connectivity index (χ0) is 9.26. The van der Waals surface area contributed by atoms with Gasteiger partial charge in [-0.05, 0) is 19.1 Å². The van der Waals surface area contributed by atoms with Crippen LogP contribution in [0.1, 0.15) is 18.8 Å². The summed E-state index contributed by atoms with van der Waals surface area (Å²) in [7, 11) is 0. The summed E-state index contributed by atoms with van der Waals surface area (Å²) in [6.07, 6.45) is 1.55. The Morgan fingerprint density at radius 1 is 1.54 bits per heavy atom. The topological polar surface area (TPSA) is 78.1 Å². The van der Waals surface area contributed by atoms with Crippen LogP contribution in [0.5, 0.6) is 0 Å². The Kier molecular flexibility index (Phi) is 1.86. The van der Waals surface area contributed by atoms with Crippen LogP contribution >= 0.6 is 0 Å². The van der Waals surface area contributed by atoms with E-state index in [-0.39, 0.29) is 6.04 Å². The van der Waals surface area contributed by atoms with Crippen LogP contribution < -0.4 is 5.73 Å². The maximum absolute atomic E-state index is 5.56. The van der Waals surface area contributed by atoms with Gasteiger partial charge in [-0.15, -0.1) is 0 Å². The van der Waals surface area contributed by atoms with Gasteiger partial charge in [0.25, 0.3) is 5.89 Å². The first-order chi connectivity index (χ1) is 6.27. The van der Waals surface area contributed by atoms with Gasteiger partial charge in [-0.25, -0.2) is 0 Å². The van der Waals surface area contributed by atoms with Crippen molar-refractivity contribution in [2.24, 2.45) is 5.73 Å². The van der Waals surface area contributed by atoms with Crippen LogP contribution in [0.2, 0.25) is 0 Å². The summed E-state index contributed by atoms with van der Waals surface area (Å²) in [6.45, 7) is 1.79. The summed E-state index contributed by atoms with van der Waals surface area (Å²) in [4.78, 5) is 4.06. The normalized spacial score (nSPS) is 13.1. The van der Waals surface area contributed by atoms with Gasteiger partial charge in [0.05, 0.1) is 12.3 Å². The maximum atomic E-state index is 5.56. The van der Waals surface area contributed by atoms with Gasteiger partial charge in [-0.1, -0.05) is 5.16 Å². The van der Waals surface area contributed by atoms with Crippen molar-refractivity contribution in [1.29, 1.82) is 0 Å². The second-order valence-electron chi connectivity index (χ2n) is 2.72. The fraction of sp³-hybridized carbons (Fsp3) is 0.250. The third-order valence-corrected chi connectivity index (χ3v) is 1.58. The molecule has 2 rings (SSSR count). The number of hydrogen-bond acceptors (Lipinski definition) is 5. The van der Waals surface area contributed by atoms with E-state index in [2.05, 4.69) is 10.1 Å². The van der Waals surface area contributed by atoms with E-state index in [0.29, 0.717) is 17.5 Å². The zero-order valence-corrected chi connectivity index (χ0v) is 7.10. The fourth-order valence-electron chi connectivity index (χ4n) is 0.920. The lowest BCUT2D eigenvalue weighted by Gasteiger charge is -1.92. The lowest BCUT2D eigenvalue weighted by molar-refractivity contribution is 0.405. The molecule has 2 aromatic rings. The molecule has 0 aliphatic carbocycles. The van der Waals surface area contributed by atoms with Crippen molar-refractivity contribution in [1.82, 2.24) is 10.1 Å². The minimum absolute atomic E-state index is 0.229. The SMILES string of the molecule is CC(N)c1noc(-c2ccco2)n1. The van der Waals surface area contributed by atoms with Crippen molar-refractivity contribution in [3.8, 4) is 11.7 Å². The van der Waals surface area contributed by atoms with E-state index in [1.807, 2.05) is 0 Å². The number of rotatable bonds is 2. The van der Waals surface area contributed by atoms with Crippen molar-refractivity contribution in [2.75, 3.05) is 0 Å². The molecular weight excluding hydrogens is 170 g/mol. The average molecular weight is 179 g/mol. The molecule has 1 unspecified atom stereocenters. The van der Waals surface area contributed by atoms with Crippen molar-refractivity contribution >= 4 is 0 Å². The molecule has 5 nitrogen and oxygen atoms in total. The monoisotopic (exact) mass is 179 g/mol. The van der Waals surface area contributed by atoms with Gasteiger partial charge >= 0.3 is 0 Å². The van der Waals surface area contributed by atoms with Crippen LogP contribution in [0.4, 0.5) is 0 Å². The fourth-order valence-corrected chi connectivity index (χ4v) is 0.920. The lowest BCUT2D eigenvalue weighted by Crippen LogP contribution is -2.06. The molecule has 0 aliphatic rings. The Bertz CT molecular complexity index is 378. The van der Waals surface area contributed by atoms with Crippen LogP contribution in [-0.2, 0) is 0 Å². The number of hydrogen-bond donors (Lipinski definition) is 1. The maximum Gasteiger partial charge on any atom is 0.293 e. The van der Waals surface area contributed by atoms with Gasteiger partial charge in [-0.3, -0.25) is 0 Å². The van der Waals surface area contributed by atoms with Crippen molar-refractivity contribution < 1.29 is 8.94 Å². The second kappa shape index (κ2) is 3.02. The highest BCUT2D eigenvalue weighted by Crippen LogP contribution is 2.18. The molecule has 0 aliphatic heterocycles. The minimum atomic E-state index is -0.229. The Balaban J connectivity index is 2.33. The molecule has 2 N–H and O–H groups in total. The Morgan fingerprint density at radius 3 is 2.92 bits per heavy atom. The van der Waals surface area contributed by atoms with E-state index in [1.165, 1.54) is 0 Å². The van der Waals surface area contributed by atoms with Crippen LogP contribution in [0.25, 0.3) is 11.7 Å². The third-order valence-electron chi connectivity index (χ3n) is 1.58.